The van der Waals surface area contributed by atoms with E-state index in [1.807, 2.05) is 74.0 Å². The molecule has 0 saturated heterocycles. The number of halogens is 1. The topological polar surface area (TPSA) is 51.0 Å². The molecule has 0 saturated carbocycles. The fraction of sp³-hybridized carbons (Fsp3) is 0.261. The molecule has 0 N–H and O–H groups in total. The summed E-state index contributed by atoms with van der Waals surface area (Å²) in [6.45, 7) is 8.47. The minimum absolute atomic E-state index is 0.0210. The van der Waals surface area contributed by atoms with Gasteiger partial charge in [0.25, 0.3) is 0 Å². The van der Waals surface area contributed by atoms with Gasteiger partial charge in [-0.15, -0.1) is 16.8 Å². The lowest BCUT2D eigenvalue weighted by Gasteiger charge is -2.25. The molecule has 1 unspecified atom stereocenters. The van der Waals surface area contributed by atoms with Crippen LogP contribution in [0, 0.1) is 6.92 Å². The highest BCUT2D eigenvalue weighted by atomic mass is 35.5. The normalized spacial score (nSPS) is 11.9. The van der Waals surface area contributed by atoms with Gasteiger partial charge in [-0.25, -0.2) is 0 Å². The number of carbonyl (C=O) groups is 1. The van der Waals surface area contributed by atoms with Gasteiger partial charge in [0.15, 0.2) is 11.0 Å². The van der Waals surface area contributed by atoms with Gasteiger partial charge in [-0.05, 0) is 37.6 Å². The molecule has 30 heavy (non-hydrogen) atoms. The molecule has 7 heteroatoms. The average molecular weight is 441 g/mol. The second-order valence-electron chi connectivity index (χ2n) is 7.10. The summed E-state index contributed by atoms with van der Waals surface area (Å²) < 4.78 is 1.99. The first-order valence-corrected chi connectivity index (χ1v) is 11.0. The molecule has 3 aromatic rings. The molecule has 3 rings (SSSR count). The van der Waals surface area contributed by atoms with Crippen LogP contribution in [0.3, 0.4) is 0 Å². The maximum absolute atomic E-state index is 12.8. The van der Waals surface area contributed by atoms with Crippen LogP contribution in [0.15, 0.2) is 66.3 Å². The van der Waals surface area contributed by atoms with Gasteiger partial charge >= 0.3 is 0 Å². The van der Waals surface area contributed by atoms with Crippen LogP contribution in [0.25, 0.3) is 11.4 Å². The molecule has 1 atom stereocenters. The zero-order valence-electron chi connectivity index (χ0n) is 17.4. The lowest BCUT2D eigenvalue weighted by Crippen LogP contribution is -2.31. The second kappa shape index (κ2) is 9.96. The van der Waals surface area contributed by atoms with E-state index in [-0.39, 0.29) is 17.7 Å². The molecule has 0 aliphatic rings. The Morgan fingerprint density at radius 1 is 1.27 bits per heavy atom. The number of hydrogen-bond donors (Lipinski definition) is 0. The summed E-state index contributed by atoms with van der Waals surface area (Å²) in [4.78, 5) is 14.5. The Hall–Kier alpha value is -2.57. The molecule has 1 heterocycles. The van der Waals surface area contributed by atoms with Crippen LogP contribution in [0.2, 0.25) is 5.02 Å². The van der Waals surface area contributed by atoms with Crippen LogP contribution in [0.5, 0.6) is 0 Å². The maximum Gasteiger partial charge on any atom is 0.233 e. The Kier molecular flexibility index (Phi) is 7.34. The lowest BCUT2D eigenvalue weighted by molar-refractivity contribution is -0.128. The fourth-order valence-corrected chi connectivity index (χ4v) is 4.09. The largest absolute Gasteiger partial charge is 0.338 e. The molecule has 156 valence electrons. The van der Waals surface area contributed by atoms with Crippen molar-refractivity contribution in [1.82, 2.24) is 19.7 Å². The van der Waals surface area contributed by atoms with Crippen molar-refractivity contribution in [1.29, 1.82) is 0 Å². The fourth-order valence-electron chi connectivity index (χ4n) is 3.10. The monoisotopic (exact) mass is 440 g/mol. The molecule has 0 spiro atoms. The highest BCUT2D eigenvalue weighted by Gasteiger charge is 2.20. The number of carbonyl (C=O) groups excluding carboxylic acids is 1. The molecule has 0 bridgehead atoms. The van der Waals surface area contributed by atoms with Crippen LogP contribution < -0.4 is 0 Å². The summed E-state index contributed by atoms with van der Waals surface area (Å²) in [5, 5.41) is 10.1. The summed E-state index contributed by atoms with van der Waals surface area (Å²) in [7, 11) is 1.81. The predicted octanol–water partition coefficient (Wildman–Crippen LogP) is 5.40. The highest BCUT2D eigenvalue weighted by molar-refractivity contribution is 7.99. The number of hydrogen-bond acceptors (Lipinski definition) is 4. The van der Waals surface area contributed by atoms with E-state index in [2.05, 4.69) is 22.8 Å². The minimum atomic E-state index is -0.0516. The van der Waals surface area contributed by atoms with E-state index in [9.17, 15) is 4.79 Å². The zero-order chi connectivity index (χ0) is 21.7. The lowest BCUT2D eigenvalue weighted by atomic mass is 10.1. The van der Waals surface area contributed by atoms with Crippen molar-refractivity contribution in [3.05, 3.63) is 77.3 Å². The van der Waals surface area contributed by atoms with Gasteiger partial charge in [-0.3, -0.25) is 9.36 Å². The number of rotatable bonds is 8. The van der Waals surface area contributed by atoms with E-state index in [0.717, 1.165) is 22.5 Å². The van der Waals surface area contributed by atoms with Crippen LogP contribution >= 0.6 is 23.4 Å². The maximum atomic E-state index is 12.8. The Morgan fingerprint density at radius 3 is 2.67 bits per heavy atom. The molecule has 2 aromatic carbocycles. The molecule has 0 aliphatic heterocycles. The number of thioether (sulfide) groups is 1. The number of amides is 1. The third-order valence-corrected chi connectivity index (χ3v) is 6.16. The van der Waals surface area contributed by atoms with Gasteiger partial charge in [0.2, 0.25) is 5.91 Å². The molecular weight excluding hydrogens is 416 g/mol. The molecule has 1 amide bonds. The van der Waals surface area contributed by atoms with Crippen molar-refractivity contribution in [3.63, 3.8) is 0 Å². The summed E-state index contributed by atoms with van der Waals surface area (Å²) in [6.07, 6.45) is 1.81. The molecule has 5 nitrogen and oxygen atoms in total. The Balaban J connectivity index is 1.72. The van der Waals surface area contributed by atoms with Crippen LogP contribution in [-0.2, 0) is 11.3 Å². The smallest absolute Gasteiger partial charge is 0.233 e. The van der Waals surface area contributed by atoms with E-state index < -0.39 is 0 Å². The van der Waals surface area contributed by atoms with Crippen molar-refractivity contribution in [2.75, 3.05) is 12.8 Å². The number of aryl methyl sites for hydroxylation is 1. The van der Waals surface area contributed by atoms with E-state index in [1.165, 1.54) is 11.8 Å². The second-order valence-corrected chi connectivity index (χ2v) is 8.47. The van der Waals surface area contributed by atoms with E-state index in [4.69, 9.17) is 11.6 Å². The van der Waals surface area contributed by atoms with E-state index in [0.29, 0.717) is 16.7 Å². The van der Waals surface area contributed by atoms with E-state index in [1.54, 1.807) is 4.90 Å². The van der Waals surface area contributed by atoms with Gasteiger partial charge in [0, 0.05) is 24.2 Å². The summed E-state index contributed by atoms with van der Waals surface area (Å²) in [5.74, 6) is 1.07. The number of allylic oxidation sites excluding steroid dienone is 1. The minimum Gasteiger partial charge on any atom is -0.338 e. The Labute approximate surface area is 186 Å². The van der Waals surface area contributed by atoms with Gasteiger partial charge < -0.3 is 4.90 Å². The predicted molar refractivity (Wildman–Crippen MR) is 124 cm³/mol. The average Bonchev–Trinajstić information content (AvgIpc) is 3.14. The van der Waals surface area contributed by atoms with Crippen molar-refractivity contribution in [2.45, 2.75) is 31.6 Å². The van der Waals surface area contributed by atoms with Crippen molar-refractivity contribution in [3.8, 4) is 11.4 Å². The highest BCUT2D eigenvalue weighted by Crippen LogP contribution is 2.26. The molecule has 0 radical (unpaired) electrons. The van der Waals surface area contributed by atoms with Gasteiger partial charge in [-0.2, -0.15) is 0 Å². The molecule has 1 aromatic heterocycles. The number of nitrogens with zero attached hydrogens (tertiary/aromatic N) is 4. The molecule has 0 fully saturated rings. The quantitative estimate of drug-likeness (QED) is 0.347. The van der Waals surface area contributed by atoms with E-state index >= 15 is 0 Å². The molecular formula is C23H25ClN4OS. The van der Waals surface area contributed by atoms with Crippen LogP contribution in [-0.4, -0.2) is 38.4 Å². The van der Waals surface area contributed by atoms with Crippen LogP contribution in [0.1, 0.15) is 24.1 Å². The summed E-state index contributed by atoms with van der Waals surface area (Å²) >= 11 is 7.35. The SMILES string of the molecule is C=CCn1c(SCC(=O)N(C)C(C)c2ccc(Cl)cc2)nnc1-c1cccc(C)c1. The molecule has 0 aliphatic carbocycles. The Bertz CT molecular complexity index is 1030. The van der Waals surface area contributed by atoms with Crippen LogP contribution in [0.4, 0.5) is 0 Å². The third-order valence-electron chi connectivity index (χ3n) is 4.96. The zero-order valence-corrected chi connectivity index (χ0v) is 19.0. The van der Waals surface area contributed by atoms with Gasteiger partial charge in [0.1, 0.15) is 0 Å². The first kappa shape index (κ1) is 22.1. The number of aromatic nitrogens is 3. The third kappa shape index (κ3) is 5.12. The first-order valence-electron chi connectivity index (χ1n) is 9.65. The standard InChI is InChI=1S/C23H25ClN4OS/c1-5-13-28-22(19-8-6-7-16(2)14-19)25-26-23(28)30-15-21(29)27(4)17(3)18-9-11-20(24)12-10-18/h5-12,14,17H,1,13,15H2,2-4H3. The number of benzene rings is 2. The van der Waals surface area contributed by atoms with Crippen molar-refractivity contribution < 1.29 is 4.79 Å². The summed E-state index contributed by atoms with van der Waals surface area (Å²) in [5.41, 5.74) is 3.19. The van der Waals surface area contributed by atoms with Gasteiger partial charge in [-0.1, -0.05) is 65.3 Å². The van der Waals surface area contributed by atoms with Gasteiger partial charge in [0.05, 0.1) is 11.8 Å². The Morgan fingerprint density at radius 2 is 2.00 bits per heavy atom. The first-order chi connectivity index (χ1) is 14.4. The summed E-state index contributed by atoms with van der Waals surface area (Å²) in [6, 6.07) is 15.6. The van der Waals surface area contributed by atoms with Crippen molar-refractivity contribution >= 4 is 29.3 Å². The van der Waals surface area contributed by atoms with Crippen molar-refractivity contribution in [2.24, 2.45) is 0 Å².